The van der Waals surface area contributed by atoms with Crippen molar-refractivity contribution >= 4 is 11.9 Å². The van der Waals surface area contributed by atoms with Crippen LogP contribution < -0.4 is 11.1 Å². The summed E-state index contributed by atoms with van der Waals surface area (Å²) in [4.78, 5) is 22.7. The first-order valence-corrected chi connectivity index (χ1v) is 6.25. The number of nitrogens with two attached hydrogens (primary N) is 1. The van der Waals surface area contributed by atoms with E-state index < -0.39 is 23.5 Å². The summed E-state index contributed by atoms with van der Waals surface area (Å²) in [6.45, 7) is 3.18. The summed E-state index contributed by atoms with van der Waals surface area (Å²) in [7, 11) is 0. The van der Waals surface area contributed by atoms with E-state index in [0.29, 0.717) is 0 Å². The zero-order valence-electron chi connectivity index (χ0n) is 11.6. The Morgan fingerprint density at radius 1 is 1.35 bits per heavy atom. The van der Waals surface area contributed by atoms with Crippen molar-refractivity contribution in [2.45, 2.75) is 32.0 Å². The molecule has 4 N–H and O–H groups in total. The Balaban J connectivity index is 2.48. The van der Waals surface area contributed by atoms with E-state index in [2.05, 4.69) is 5.32 Å². The third kappa shape index (κ3) is 5.38. The van der Waals surface area contributed by atoms with Crippen molar-refractivity contribution in [3.05, 3.63) is 35.9 Å². The van der Waals surface area contributed by atoms with E-state index in [9.17, 15) is 9.59 Å². The van der Waals surface area contributed by atoms with Crippen molar-refractivity contribution < 1.29 is 19.4 Å². The third-order valence-corrected chi connectivity index (χ3v) is 2.58. The SMILES string of the molecule is CC(C)(N)C(=O)N[C@H](COCc1ccccc1)C(=O)O. The minimum Gasteiger partial charge on any atom is -0.480 e. The van der Waals surface area contributed by atoms with E-state index in [1.807, 2.05) is 30.3 Å². The molecule has 0 saturated carbocycles. The first kappa shape index (κ1) is 16.1. The lowest BCUT2D eigenvalue weighted by atomic mass is 10.1. The molecule has 110 valence electrons. The molecule has 6 heteroatoms. The molecule has 1 aromatic rings. The highest BCUT2D eigenvalue weighted by molar-refractivity contribution is 5.89. The van der Waals surface area contributed by atoms with Crippen LogP contribution in [0.2, 0.25) is 0 Å². The maximum absolute atomic E-state index is 11.7. The van der Waals surface area contributed by atoms with Crippen LogP contribution in [0.5, 0.6) is 0 Å². The Hall–Kier alpha value is -1.92. The zero-order valence-corrected chi connectivity index (χ0v) is 11.6. The van der Waals surface area contributed by atoms with Gasteiger partial charge in [-0.2, -0.15) is 0 Å². The number of amides is 1. The number of carboxylic acid groups (broad SMARTS) is 1. The van der Waals surface area contributed by atoms with E-state index in [-0.39, 0.29) is 13.2 Å². The van der Waals surface area contributed by atoms with Crippen molar-refractivity contribution in [2.75, 3.05) is 6.61 Å². The van der Waals surface area contributed by atoms with Crippen LogP contribution >= 0.6 is 0 Å². The van der Waals surface area contributed by atoms with Gasteiger partial charge in [-0.1, -0.05) is 30.3 Å². The Morgan fingerprint density at radius 2 is 1.95 bits per heavy atom. The van der Waals surface area contributed by atoms with Crippen LogP contribution in [-0.4, -0.2) is 35.2 Å². The standard InChI is InChI=1S/C14H20N2O4/c1-14(2,15)13(19)16-11(12(17)18)9-20-8-10-6-4-3-5-7-10/h3-7,11H,8-9,15H2,1-2H3,(H,16,19)(H,17,18)/t11-/m1/s1. The summed E-state index contributed by atoms with van der Waals surface area (Å²) < 4.78 is 5.32. The van der Waals surface area contributed by atoms with Gasteiger partial charge in [0, 0.05) is 0 Å². The molecule has 1 rings (SSSR count). The fraction of sp³-hybridized carbons (Fsp3) is 0.429. The number of benzene rings is 1. The lowest BCUT2D eigenvalue weighted by Gasteiger charge is -2.21. The minimum atomic E-state index is -1.16. The van der Waals surface area contributed by atoms with E-state index in [1.165, 1.54) is 13.8 Å². The van der Waals surface area contributed by atoms with E-state index in [0.717, 1.165) is 5.56 Å². The summed E-state index contributed by atoms with van der Waals surface area (Å²) in [6, 6.07) is 8.24. The molecule has 6 nitrogen and oxygen atoms in total. The summed E-state index contributed by atoms with van der Waals surface area (Å²) in [5, 5.41) is 11.4. The summed E-state index contributed by atoms with van der Waals surface area (Å²) in [6.07, 6.45) is 0. The summed E-state index contributed by atoms with van der Waals surface area (Å²) in [5.74, 6) is -1.69. The molecule has 0 fully saturated rings. The number of rotatable bonds is 7. The van der Waals surface area contributed by atoms with Crippen LogP contribution in [0.25, 0.3) is 0 Å². The number of carbonyl (C=O) groups is 2. The maximum Gasteiger partial charge on any atom is 0.328 e. The summed E-state index contributed by atoms with van der Waals surface area (Å²) >= 11 is 0. The molecule has 0 radical (unpaired) electrons. The Morgan fingerprint density at radius 3 is 2.45 bits per heavy atom. The van der Waals surface area contributed by atoms with Crippen LogP contribution in [-0.2, 0) is 20.9 Å². The van der Waals surface area contributed by atoms with E-state index in [4.69, 9.17) is 15.6 Å². The predicted octanol–water partition coefficient (Wildman–Crippen LogP) is 0.510. The largest absolute Gasteiger partial charge is 0.480 e. The molecule has 0 aliphatic carbocycles. The smallest absolute Gasteiger partial charge is 0.328 e. The fourth-order valence-corrected chi connectivity index (χ4v) is 1.39. The number of carboxylic acids is 1. The molecule has 0 bridgehead atoms. The van der Waals surface area contributed by atoms with Gasteiger partial charge in [0.25, 0.3) is 0 Å². The summed E-state index contributed by atoms with van der Waals surface area (Å²) in [5.41, 5.74) is 5.40. The average Bonchev–Trinajstić information content (AvgIpc) is 2.37. The van der Waals surface area contributed by atoms with Gasteiger partial charge in [0.2, 0.25) is 5.91 Å². The van der Waals surface area contributed by atoms with Crippen LogP contribution in [0.1, 0.15) is 19.4 Å². The van der Waals surface area contributed by atoms with Gasteiger partial charge < -0.3 is 20.9 Å². The third-order valence-electron chi connectivity index (χ3n) is 2.58. The van der Waals surface area contributed by atoms with Gasteiger partial charge in [-0.05, 0) is 19.4 Å². The first-order valence-electron chi connectivity index (χ1n) is 6.25. The van der Waals surface area contributed by atoms with Crippen molar-refractivity contribution in [3.8, 4) is 0 Å². The Bertz CT molecular complexity index is 454. The molecule has 0 aromatic heterocycles. The van der Waals surface area contributed by atoms with Gasteiger partial charge in [-0.3, -0.25) is 4.79 Å². The van der Waals surface area contributed by atoms with Crippen LogP contribution in [0.15, 0.2) is 30.3 Å². The molecule has 1 aromatic carbocycles. The molecule has 20 heavy (non-hydrogen) atoms. The van der Waals surface area contributed by atoms with Crippen LogP contribution in [0.3, 0.4) is 0 Å². The number of carbonyl (C=O) groups excluding carboxylic acids is 1. The second kappa shape index (κ2) is 7.02. The maximum atomic E-state index is 11.7. The molecular formula is C14H20N2O4. The van der Waals surface area contributed by atoms with Crippen molar-refractivity contribution in [1.82, 2.24) is 5.32 Å². The predicted molar refractivity (Wildman–Crippen MR) is 73.9 cm³/mol. The number of aliphatic carboxylic acids is 1. The monoisotopic (exact) mass is 280 g/mol. The lowest BCUT2D eigenvalue weighted by Crippen LogP contribution is -2.55. The van der Waals surface area contributed by atoms with Crippen LogP contribution in [0, 0.1) is 0 Å². The highest BCUT2D eigenvalue weighted by atomic mass is 16.5. The zero-order chi connectivity index (χ0) is 15.2. The number of ether oxygens (including phenoxy) is 1. The van der Waals surface area contributed by atoms with Gasteiger partial charge >= 0.3 is 5.97 Å². The normalized spacial score (nSPS) is 12.8. The van der Waals surface area contributed by atoms with E-state index >= 15 is 0 Å². The highest BCUT2D eigenvalue weighted by Crippen LogP contribution is 2.02. The average molecular weight is 280 g/mol. The quantitative estimate of drug-likeness (QED) is 0.675. The highest BCUT2D eigenvalue weighted by Gasteiger charge is 2.27. The van der Waals surface area contributed by atoms with E-state index in [1.54, 1.807) is 0 Å². The number of nitrogens with one attached hydrogen (secondary N) is 1. The lowest BCUT2D eigenvalue weighted by molar-refractivity contribution is -0.144. The minimum absolute atomic E-state index is 0.119. The molecular weight excluding hydrogens is 260 g/mol. The molecule has 0 saturated heterocycles. The van der Waals surface area contributed by atoms with Crippen molar-refractivity contribution in [2.24, 2.45) is 5.73 Å². The first-order chi connectivity index (χ1) is 9.30. The Kier molecular flexibility index (Phi) is 5.66. The number of hydrogen-bond donors (Lipinski definition) is 3. The van der Waals surface area contributed by atoms with Crippen LogP contribution in [0.4, 0.5) is 0 Å². The van der Waals surface area contributed by atoms with Gasteiger partial charge in [-0.15, -0.1) is 0 Å². The van der Waals surface area contributed by atoms with Crippen molar-refractivity contribution in [3.63, 3.8) is 0 Å². The van der Waals surface area contributed by atoms with Gasteiger partial charge in [0.1, 0.15) is 0 Å². The molecule has 0 heterocycles. The Labute approximate surface area is 117 Å². The number of hydrogen-bond acceptors (Lipinski definition) is 4. The second-order valence-electron chi connectivity index (χ2n) is 5.09. The van der Waals surface area contributed by atoms with Gasteiger partial charge in [-0.25, -0.2) is 4.79 Å². The molecule has 1 atom stereocenters. The topological polar surface area (TPSA) is 102 Å². The molecule has 0 aliphatic heterocycles. The molecule has 0 spiro atoms. The van der Waals surface area contributed by atoms with Crippen molar-refractivity contribution in [1.29, 1.82) is 0 Å². The van der Waals surface area contributed by atoms with Gasteiger partial charge in [0.05, 0.1) is 18.8 Å². The van der Waals surface area contributed by atoms with Gasteiger partial charge in [0.15, 0.2) is 6.04 Å². The molecule has 0 unspecified atom stereocenters. The second-order valence-corrected chi connectivity index (χ2v) is 5.09. The fourth-order valence-electron chi connectivity index (χ4n) is 1.39. The molecule has 0 aliphatic rings. The molecule has 1 amide bonds.